The van der Waals surface area contributed by atoms with Crippen molar-refractivity contribution in [2.24, 2.45) is 5.16 Å². The molecule has 6 heteroatoms. The molecule has 0 saturated carbocycles. The molecule has 0 spiro atoms. The minimum absolute atomic E-state index is 0.430. The van der Waals surface area contributed by atoms with Crippen molar-refractivity contribution in [1.82, 2.24) is 4.98 Å². The lowest BCUT2D eigenvalue weighted by Gasteiger charge is -1.90. The van der Waals surface area contributed by atoms with Crippen molar-refractivity contribution in [1.29, 1.82) is 0 Å². The van der Waals surface area contributed by atoms with Crippen LogP contribution in [0.25, 0.3) is 0 Å². The summed E-state index contributed by atoms with van der Waals surface area (Å²) in [5.74, 6) is -1.05. The van der Waals surface area contributed by atoms with Crippen molar-refractivity contribution in [3.63, 3.8) is 0 Å². The molecule has 0 fully saturated rings. The molecular formula is C7H8N2O3S. The van der Waals surface area contributed by atoms with E-state index in [-0.39, 0.29) is 0 Å². The van der Waals surface area contributed by atoms with Gasteiger partial charge in [-0.15, -0.1) is 11.3 Å². The van der Waals surface area contributed by atoms with Crippen molar-refractivity contribution in [3.8, 4) is 0 Å². The van der Waals surface area contributed by atoms with Gasteiger partial charge < -0.3 is 9.94 Å². The minimum Gasteiger partial charge on any atom is -0.479 e. The molecule has 0 aliphatic rings. The molecule has 0 radical (unpaired) electrons. The zero-order valence-corrected chi connectivity index (χ0v) is 7.74. The Kier molecular flexibility index (Phi) is 3.39. The molecule has 0 aliphatic heterocycles. The molecule has 0 saturated heterocycles. The van der Waals surface area contributed by atoms with Gasteiger partial charge in [-0.1, -0.05) is 5.16 Å². The van der Waals surface area contributed by atoms with E-state index in [0.717, 1.165) is 5.69 Å². The van der Waals surface area contributed by atoms with Crippen LogP contribution in [0.3, 0.4) is 0 Å². The van der Waals surface area contributed by atoms with Gasteiger partial charge in [-0.2, -0.15) is 0 Å². The fraction of sp³-hybridized carbons (Fsp3) is 0.286. The van der Waals surface area contributed by atoms with E-state index >= 15 is 0 Å². The lowest BCUT2D eigenvalue weighted by Crippen LogP contribution is -2.03. The van der Waals surface area contributed by atoms with Gasteiger partial charge in [0, 0.05) is 11.1 Å². The maximum Gasteiger partial charge on any atom is 0.344 e. The molecule has 13 heavy (non-hydrogen) atoms. The Hall–Kier alpha value is -1.43. The van der Waals surface area contributed by atoms with Crippen LogP contribution in [0.4, 0.5) is 0 Å². The van der Waals surface area contributed by atoms with Crippen LogP contribution in [0, 0.1) is 6.92 Å². The van der Waals surface area contributed by atoms with Crippen LogP contribution in [0.1, 0.15) is 10.7 Å². The topological polar surface area (TPSA) is 71.8 Å². The van der Waals surface area contributed by atoms with Crippen LogP contribution in [-0.2, 0) is 9.63 Å². The quantitative estimate of drug-likeness (QED) is 0.578. The standard InChI is InChI=1S/C7H8N2O3S/c1-5-4-13-6(9-5)2-8-12-3-7(10)11/h2,4H,3H2,1H3,(H,10,11). The molecule has 1 N–H and O–H groups in total. The van der Waals surface area contributed by atoms with Crippen LogP contribution < -0.4 is 0 Å². The summed E-state index contributed by atoms with van der Waals surface area (Å²) in [5.41, 5.74) is 0.907. The van der Waals surface area contributed by atoms with Gasteiger partial charge in [0.25, 0.3) is 0 Å². The first-order chi connectivity index (χ1) is 6.18. The Labute approximate surface area is 78.7 Å². The monoisotopic (exact) mass is 200 g/mol. The number of carboxylic acid groups (broad SMARTS) is 1. The molecule has 5 nitrogen and oxygen atoms in total. The number of carboxylic acids is 1. The van der Waals surface area contributed by atoms with Gasteiger partial charge in [0.05, 0.1) is 0 Å². The van der Waals surface area contributed by atoms with E-state index in [2.05, 4.69) is 15.0 Å². The second-order valence-corrected chi connectivity index (χ2v) is 3.12. The molecule has 70 valence electrons. The highest BCUT2D eigenvalue weighted by molar-refractivity contribution is 7.11. The lowest BCUT2D eigenvalue weighted by molar-refractivity contribution is -0.142. The third-order valence-corrected chi connectivity index (χ3v) is 1.96. The van der Waals surface area contributed by atoms with Crippen LogP contribution >= 0.6 is 11.3 Å². The van der Waals surface area contributed by atoms with Crippen molar-refractivity contribution < 1.29 is 14.7 Å². The molecule has 1 aromatic rings. The molecule has 0 aliphatic carbocycles. The van der Waals surface area contributed by atoms with Crippen LogP contribution in [0.2, 0.25) is 0 Å². The molecule has 1 rings (SSSR count). The summed E-state index contributed by atoms with van der Waals surface area (Å²) in [6.07, 6.45) is 1.39. The Bertz CT molecular complexity index is 321. The summed E-state index contributed by atoms with van der Waals surface area (Å²) < 4.78 is 0. The number of rotatable bonds is 4. The minimum atomic E-state index is -1.05. The van der Waals surface area contributed by atoms with Crippen molar-refractivity contribution in [2.45, 2.75) is 6.92 Å². The number of nitrogens with zero attached hydrogens (tertiary/aromatic N) is 2. The van der Waals surface area contributed by atoms with Gasteiger partial charge in [0.2, 0.25) is 6.61 Å². The van der Waals surface area contributed by atoms with Crippen molar-refractivity contribution in [2.75, 3.05) is 6.61 Å². The number of hydrogen-bond acceptors (Lipinski definition) is 5. The summed E-state index contributed by atoms with van der Waals surface area (Å²) in [4.78, 5) is 18.5. The molecule has 0 amide bonds. The van der Waals surface area contributed by atoms with Crippen molar-refractivity contribution in [3.05, 3.63) is 16.1 Å². The molecular weight excluding hydrogens is 192 g/mol. The number of hydrogen-bond donors (Lipinski definition) is 1. The number of aromatic nitrogens is 1. The van der Waals surface area contributed by atoms with Crippen LogP contribution in [0.15, 0.2) is 10.5 Å². The summed E-state index contributed by atoms with van der Waals surface area (Å²) in [6, 6.07) is 0. The van der Waals surface area contributed by atoms with E-state index < -0.39 is 12.6 Å². The summed E-state index contributed by atoms with van der Waals surface area (Å²) in [7, 11) is 0. The second kappa shape index (κ2) is 4.56. The Morgan fingerprint density at radius 2 is 2.69 bits per heavy atom. The van der Waals surface area contributed by atoms with E-state index in [9.17, 15) is 4.79 Å². The Balaban J connectivity index is 2.36. The average molecular weight is 200 g/mol. The fourth-order valence-electron chi connectivity index (χ4n) is 0.606. The molecule has 0 unspecified atom stereocenters. The normalized spacial score (nSPS) is 10.5. The van der Waals surface area contributed by atoms with Crippen molar-refractivity contribution >= 4 is 23.5 Å². The number of aryl methyl sites for hydroxylation is 1. The first-order valence-corrected chi connectivity index (χ1v) is 4.35. The molecule has 0 aromatic carbocycles. The molecule has 0 atom stereocenters. The van der Waals surface area contributed by atoms with E-state index in [0.29, 0.717) is 5.01 Å². The van der Waals surface area contributed by atoms with E-state index in [4.69, 9.17) is 5.11 Å². The van der Waals surface area contributed by atoms with E-state index in [1.165, 1.54) is 17.6 Å². The summed E-state index contributed by atoms with van der Waals surface area (Å²) in [5, 5.41) is 14.2. The zero-order valence-electron chi connectivity index (χ0n) is 6.93. The van der Waals surface area contributed by atoms with Gasteiger partial charge in [0.15, 0.2) is 0 Å². The maximum absolute atomic E-state index is 10.0. The van der Waals surface area contributed by atoms with E-state index in [1.807, 2.05) is 12.3 Å². The third kappa shape index (κ3) is 3.66. The number of thiazole rings is 1. The second-order valence-electron chi connectivity index (χ2n) is 2.23. The Morgan fingerprint density at radius 1 is 1.92 bits per heavy atom. The maximum atomic E-state index is 10.0. The van der Waals surface area contributed by atoms with Gasteiger partial charge in [-0.05, 0) is 6.92 Å². The number of aliphatic carboxylic acids is 1. The molecule has 1 heterocycles. The summed E-state index contributed by atoms with van der Waals surface area (Å²) >= 11 is 1.42. The van der Waals surface area contributed by atoms with Crippen LogP contribution in [-0.4, -0.2) is 28.9 Å². The van der Waals surface area contributed by atoms with Gasteiger partial charge >= 0.3 is 5.97 Å². The lowest BCUT2D eigenvalue weighted by atomic mass is 10.6. The predicted octanol–water partition coefficient (Wildman–Crippen LogP) is 0.887. The number of carbonyl (C=O) groups is 1. The smallest absolute Gasteiger partial charge is 0.344 e. The molecule has 1 aromatic heterocycles. The van der Waals surface area contributed by atoms with E-state index in [1.54, 1.807) is 0 Å². The predicted molar refractivity (Wildman–Crippen MR) is 48.0 cm³/mol. The zero-order chi connectivity index (χ0) is 9.68. The largest absolute Gasteiger partial charge is 0.479 e. The fourth-order valence-corrected chi connectivity index (χ4v) is 1.25. The highest BCUT2D eigenvalue weighted by atomic mass is 32.1. The Morgan fingerprint density at radius 3 is 3.23 bits per heavy atom. The van der Waals surface area contributed by atoms with Gasteiger partial charge in [-0.25, -0.2) is 9.78 Å². The summed E-state index contributed by atoms with van der Waals surface area (Å²) in [6.45, 7) is 1.44. The third-order valence-electron chi connectivity index (χ3n) is 1.06. The highest BCUT2D eigenvalue weighted by Crippen LogP contribution is 2.05. The highest BCUT2D eigenvalue weighted by Gasteiger charge is 1.95. The first-order valence-electron chi connectivity index (χ1n) is 3.48. The number of oxime groups is 1. The first kappa shape index (κ1) is 9.66. The van der Waals surface area contributed by atoms with Crippen LogP contribution in [0.5, 0.6) is 0 Å². The molecule has 0 bridgehead atoms. The van der Waals surface area contributed by atoms with Gasteiger partial charge in [0.1, 0.15) is 11.2 Å². The SMILES string of the molecule is Cc1csc(C=NOCC(=O)O)n1. The average Bonchev–Trinajstić information content (AvgIpc) is 2.45. The van der Waals surface area contributed by atoms with Gasteiger partial charge in [-0.3, -0.25) is 0 Å².